The Labute approximate surface area is 150 Å². The van der Waals surface area contributed by atoms with E-state index in [1.807, 2.05) is 30.3 Å². The van der Waals surface area contributed by atoms with E-state index in [1.165, 1.54) is 18.2 Å². The van der Waals surface area contributed by atoms with Crippen LogP contribution in [-0.4, -0.2) is 29.9 Å². The van der Waals surface area contributed by atoms with Crippen molar-refractivity contribution in [2.75, 3.05) is 13.2 Å². The monoisotopic (exact) mass is 361 g/mol. The van der Waals surface area contributed by atoms with Crippen LogP contribution in [0.25, 0.3) is 0 Å². The molecule has 4 nitrogen and oxygen atoms in total. The molecule has 130 valence electrons. The molecule has 0 spiro atoms. The molecule has 2 aromatic carbocycles. The van der Waals surface area contributed by atoms with Crippen LogP contribution in [0, 0.1) is 11.7 Å². The molecule has 2 aromatic rings. The number of carbonyl (C=O) groups is 2. The lowest BCUT2D eigenvalue weighted by Crippen LogP contribution is -2.25. The zero-order valence-corrected chi connectivity index (χ0v) is 14.2. The van der Waals surface area contributed by atoms with Crippen LogP contribution >= 0.6 is 11.6 Å². The van der Waals surface area contributed by atoms with Gasteiger partial charge in [0.15, 0.2) is 5.82 Å². The molecule has 0 saturated carbocycles. The molecule has 1 heterocycles. The number of halogens is 2. The zero-order chi connectivity index (χ0) is 17.8. The lowest BCUT2D eigenvalue weighted by Gasteiger charge is -2.16. The van der Waals surface area contributed by atoms with Crippen molar-refractivity contribution in [1.29, 1.82) is 0 Å². The van der Waals surface area contributed by atoms with Crippen molar-refractivity contribution in [2.24, 2.45) is 5.92 Å². The topological polar surface area (TPSA) is 46.6 Å². The first kappa shape index (κ1) is 17.4. The first-order valence-corrected chi connectivity index (χ1v) is 8.35. The van der Waals surface area contributed by atoms with Crippen molar-refractivity contribution in [3.8, 4) is 0 Å². The number of amides is 1. The highest BCUT2D eigenvalue weighted by molar-refractivity contribution is 6.31. The number of esters is 1. The first-order chi connectivity index (χ1) is 12.0. The van der Waals surface area contributed by atoms with Crippen LogP contribution in [0.3, 0.4) is 0 Å². The summed E-state index contributed by atoms with van der Waals surface area (Å²) in [5.74, 6) is -1.63. The average molecular weight is 362 g/mol. The molecule has 0 aliphatic carbocycles. The summed E-state index contributed by atoms with van der Waals surface area (Å²) in [6, 6.07) is 13.9. The summed E-state index contributed by atoms with van der Waals surface area (Å²) in [4.78, 5) is 25.9. The Kier molecular flexibility index (Phi) is 5.34. The summed E-state index contributed by atoms with van der Waals surface area (Å²) in [6.45, 7) is 1.12. The molecule has 1 fully saturated rings. The van der Waals surface area contributed by atoms with E-state index >= 15 is 0 Å². The van der Waals surface area contributed by atoms with Gasteiger partial charge in [0.2, 0.25) is 5.91 Å². The zero-order valence-electron chi connectivity index (χ0n) is 13.5. The van der Waals surface area contributed by atoms with E-state index in [9.17, 15) is 14.0 Å². The van der Waals surface area contributed by atoms with Gasteiger partial charge in [-0.15, -0.1) is 0 Å². The molecule has 1 saturated heterocycles. The fourth-order valence-electron chi connectivity index (χ4n) is 2.85. The highest BCUT2D eigenvalue weighted by Gasteiger charge is 2.30. The normalized spacial score (nSPS) is 17.0. The molecule has 1 aliphatic heterocycles. The summed E-state index contributed by atoms with van der Waals surface area (Å²) in [7, 11) is 0. The Morgan fingerprint density at radius 1 is 1.20 bits per heavy atom. The van der Waals surface area contributed by atoms with Gasteiger partial charge in [0, 0.05) is 25.4 Å². The highest BCUT2D eigenvalue weighted by atomic mass is 35.5. The summed E-state index contributed by atoms with van der Waals surface area (Å²) < 4.78 is 19.0. The molecular formula is C19H17ClFNO3. The van der Waals surface area contributed by atoms with Crippen LogP contribution in [-0.2, 0) is 16.1 Å². The summed E-state index contributed by atoms with van der Waals surface area (Å²) in [6.07, 6.45) is 0.318. The molecule has 6 heteroatoms. The largest absolute Gasteiger partial charge is 0.462 e. The third-order valence-electron chi connectivity index (χ3n) is 4.13. The van der Waals surface area contributed by atoms with E-state index in [0.29, 0.717) is 19.5 Å². The fraction of sp³-hybridized carbons (Fsp3) is 0.263. The van der Waals surface area contributed by atoms with E-state index in [4.69, 9.17) is 16.3 Å². The predicted octanol–water partition coefficient (Wildman–Crippen LogP) is 3.68. The minimum atomic E-state index is -0.789. The van der Waals surface area contributed by atoms with Crippen molar-refractivity contribution in [1.82, 2.24) is 4.90 Å². The molecule has 0 N–H and O–H groups in total. The van der Waals surface area contributed by atoms with E-state index in [2.05, 4.69) is 0 Å². The second-order valence-electron chi connectivity index (χ2n) is 6.03. The number of nitrogens with zero attached hydrogens (tertiary/aromatic N) is 1. The predicted molar refractivity (Wildman–Crippen MR) is 91.7 cm³/mol. The Morgan fingerprint density at radius 2 is 1.96 bits per heavy atom. The van der Waals surface area contributed by atoms with Crippen molar-refractivity contribution >= 4 is 23.5 Å². The molecule has 0 aromatic heterocycles. The number of carbonyl (C=O) groups excluding carboxylic acids is 2. The van der Waals surface area contributed by atoms with Gasteiger partial charge in [0.25, 0.3) is 0 Å². The molecule has 1 aliphatic rings. The fourth-order valence-corrected chi connectivity index (χ4v) is 3.03. The lowest BCUT2D eigenvalue weighted by molar-refractivity contribution is -0.128. The van der Waals surface area contributed by atoms with Gasteiger partial charge in [-0.05, 0) is 17.7 Å². The average Bonchev–Trinajstić information content (AvgIpc) is 2.96. The molecule has 0 unspecified atom stereocenters. The van der Waals surface area contributed by atoms with E-state index in [-0.39, 0.29) is 29.0 Å². The van der Waals surface area contributed by atoms with Crippen LogP contribution in [0.1, 0.15) is 22.3 Å². The van der Waals surface area contributed by atoms with Crippen LogP contribution in [0.15, 0.2) is 48.5 Å². The SMILES string of the molecule is O=C(OC[C@H]1CC(=O)N(Cc2ccccc2)C1)c1cccc(Cl)c1F. The minimum absolute atomic E-state index is 0.0267. The van der Waals surface area contributed by atoms with Crippen molar-refractivity contribution in [2.45, 2.75) is 13.0 Å². The molecule has 1 atom stereocenters. The van der Waals surface area contributed by atoms with Crippen LogP contribution in [0.4, 0.5) is 4.39 Å². The molecule has 0 radical (unpaired) electrons. The van der Waals surface area contributed by atoms with Crippen molar-refractivity contribution in [3.63, 3.8) is 0 Å². The maximum atomic E-state index is 13.8. The van der Waals surface area contributed by atoms with Crippen molar-refractivity contribution in [3.05, 3.63) is 70.5 Å². The highest BCUT2D eigenvalue weighted by Crippen LogP contribution is 2.22. The molecule has 25 heavy (non-hydrogen) atoms. The molecule has 1 amide bonds. The number of likely N-dealkylation sites (tertiary alicyclic amines) is 1. The second kappa shape index (κ2) is 7.66. The molecule has 0 bridgehead atoms. The van der Waals surface area contributed by atoms with E-state index in [1.54, 1.807) is 4.90 Å². The van der Waals surface area contributed by atoms with Gasteiger partial charge >= 0.3 is 5.97 Å². The Morgan fingerprint density at radius 3 is 2.72 bits per heavy atom. The Bertz CT molecular complexity index is 781. The Hall–Kier alpha value is -2.40. The standard InChI is InChI=1S/C19H17ClFNO3/c20-16-8-4-7-15(18(16)21)19(24)25-12-14-9-17(23)22(11-14)10-13-5-2-1-3-6-13/h1-8,14H,9-12H2/t14-/m0/s1. The van der Waals surface area contributed by atoms with Gasteiger partial charge in [-0.3, -0.25) is 4.79 Å². The van der Waals surface area contributed by atoms with Gasteiger partial charge in [0.1, 0.15) is 0 Å². The number of hydrogen-bond donors (Lipinski definition) is 0. The number of rotatable bonds is 5. The third-order valence-corrected chi connectivity index (χ3v) is 4.42. The summed E-state index contributed by atoms with van der Waals surface area (Å²) in [5.41, 5.74) is 0.854. The maximum Gasteiger partial charge on any atom is 0.341 e. The van der Waals surface area contributed by atoms with Gasteiger partial charge in [-0.1, -0.05) is 48.0 Å². The smallest absolute Gasteiger partial charge is 0.341 e. The lowest BCUT2D eigenvalue weighted by atomic mass is 10.1. The first-order valence-electron chi connectivity index (χ1n) is 7.97. The minimum Gasteiger partial charge on any atom is -0.462 e. The van der Waals surface area contributed by atoms with Gasteiger partial charge in [0.05, 0.1) is 17.2 Å². The quantitative estimate of drug-likeness (QED) is 0.763. The summed E-state index contributed by atoms with van der Waals surface area (Å²) in [5, 5.41) is -0.125. The van der Waals surface area contributed by atoms with Crippen LogP contribution in [0.5, 0.6) is 0 Å². The van der Waals surface area contributed by atoms with Crippen molar-refractivity contribution < 1.29 is 18.7 Å². The number of ether oxygens (including phenoxy) is 1. The molecular weight excluding hydrogens is 345 g/mol. The van der Waals surface area contributed by atoms with Crippen LogP contribution in [0.2, 0.25) is 5.02 Å². The summed E-state index contributed by atoms with van der Waals surface area (Å²) >= 11 is 5.67. The number of hydrogen-bond acceptors (Lipinski definition) is 3. The second-order valence-corrected chi connectivity index (χ2v) is 6.44. The maximum absolute atomic E-state index is 13.8. The molecule has 3 rings (SSSR count). The Balaban J connectivity index is 1.55. The van der Waals surface area contributed by atoms with Gasteiger partial charge in [-0.2, -0.15) is 0 Å². The number of benzene rings is 2. The van der Waals surface area contributed by atoms with Gasteiger partial charge in [-0.25, -0.2) is 9.18 Å². The van der Waals surface area contributed by atoms with E-state index in [0.717, 1.165) is 5.56 Å². The van der Waals surface area contributed by atoms with E-state index < -0.39 is 11.8 Å². The van der Waals surface area contributed by atoms with Gasteiger partial charge < -0.3 is 9.64 Å². The third kappa shape index (κ3) is 4.17. The van der Waals surface area contributed by atoms with Crippen LogP contribution < -0.4 is 0 Å².